The van der Waals surface area contributed by atoms with Crippen LogP contribution in [0.5, 0.6) is 0 Å². The molecule has 8 heteroatoms. The second-order valence-corrected chi connectivity index (χ2v) is 5.42. The minimum absolute atomic E-state index is 0.138. The first kappa shape index (κ1) is 15.4. The average Bonchev–Trinajstić information content (AvgIpc) is 2.43. The van der Waals surface area contributed by atoms with Gasteiger partial charge in [-0.1, -0.05) is 17.7 Å². The van der Waals surface area contributed by atoms with Crippen LogP contribution in [-0.2, 0) is 0 Å². The van der Waals surface area contributed by atoms with E-state index < -0.39 is 10.8 Å². The molecule has 0 saturated heterocycles. The normalized spacial score (nSPS) is 10.2. The first-order valence-corrected chi connectivity index (χ1v) is 6.93. The molecule has 2 aromatic rings. The summed E-state index contributed by atoms with van der Waals surface area (Å²) in [5.41, 5.74) is 1.16. The lowest BCUT2D eigenvalue weighted by molar-refractivity contribution is -0.384. The molecule has 1 aromatic carbocycles. The van der Waals surface area contributed by atoms with Gasteiger partial charge in [0.1, 0.15) is 5.15 Å². The van der Waals surface area contributed by atoms with Gasteiger partial charge >= 0.3 is 0 Å². The number of nitro groups is 1. The molecule has 0 aliphatic heterocycles. The summed E-state index contributed by atoms with van der Waals surface area (Å²) in [7, 11) is 0. The molecule has 0 aliphatic rings. The van der Waals surface area contributed by atoms with Crippen LogP contribution in [0.15, 0.2) is 34.9 Å². The number of nitrogens with zero attached hydrogens (tertiary/aromatic N) is 2. The van der Waals surface area contributed by atoms with Crippen molar-refractivity contribution >= 4 is 44.8 Å². The summed E-state index contributed by atoms with van der Waals surface area (Å²) in [5.74, 6) is -0.452. The molecular formula is C13H9BrClN3O3. The molecule has 0 atom stereocenters. The summed E-state index contributed by atoms with van der Waals surface area (Å²) in [5, 5.41) is 13.7. The van der Waals surface area contributed by atoms with E-state index in [1.807, 2.05) is 0 Å². The van der Waals surface area contributed by atoms with Crippen molar-refractivity contribution < 1.29 is 9.72 Å². The molecule has 1 N–H and O–H groups in total. The zero-order valence-electron chi connectivity index (χ0n) is 10.8. The number of amides is 1. The van der Waals surface area contributed by atoms with Crippen LogP contribution in [0.1, 0.15) is 15.9 Å². The first-order valence-electron chi connectivity index (χ1n) is 5.76. The Morgan fingerprint density at radius 3 is 2.76 bits per heavy atom. The quantitative estimate of drug-likeness (QED) is 0.503. The van der Waals surface area contributed by atoms with E-state index in [4.69, 9.17) is 11.6 Å². The lowest BCUT2D eigenvalue weighted by Crippen LogP contribution is -2.14. The maximum absolute atomic E-state index is 12.2. The number of aromatic nitrogens is 1. The molecule has 0 bridgehead atoms. The maximum atomic E-state index is 12.2. The Labute approximate surface area is 133 Å². The summed E-state index contributed by atoms with van der Waals surface area (Å²) < 4.78 is 0.540. The third-order valence-electron chi connectivity index (χ3n) is 2.73. The van der Waals surface area contributed by atoms with Gasteiger partial charge in [-0.3, -0.25) is 14.9 Å². The molecule has 21 heavy (non-hydrogen) atoms. The second-order valence-electron chi connectivity index (χ2n) is 4.21. The van der Waals surface area contributed by atoms with E-state index in [1.54, 1.807) is 13.0 Å². The van der Waals surface area contributed by atoms with Crippen LogP contribution in [0.3, 0.4) is 0 Å². The third-order valence-corrected chi connectivity index (χ3v) is 3.86. The smallest absolute Gasteiger partial charge is 0.270 e. The van der Waals surface area contributed by atoms with Gasteiger partial charge in [-0.2, -0.15) is 0 Å². The summed E-state index contributed by atoms with van der Waals surface area (Å²) in [6.07, 6.45) is 1.40. The molecule has 6 nitrogen and oxygen atoms in total. The van der Waals surface area contributed by atoms with Crippen molar-refractivity contribution in [1.29, 1.82) is 0 Å². The fraction of sp³-hybridized carbons (Fsp3) is 0.0769. The van der Waals surface area contributed by atoms with Crippen LogP contribution in [0.4, 0.5) is 11.4 Å². The van der Waals surface area contributed by atoms with E-state index in [1.165, 1.54) is 24.4 Å². The van der Waals surface area contributed by atoms with E-state index in [0.717, 1.165) is 0 Å². The van der Waals surface area contributed by atoms with Crippen LogP contribution in [0.25, 0.3) is 0 Å². The molecule has 108 valence electrons. The molecular weight excluding hydrogens is 362 g/mol. The lowest BCUT2D eigenvalue weighted by Gasteiger charge is -2.08. The molecule has 0 unspecified atom stereocenters. The van der Waals surface area contributed by atoms with Crippen LogP contribution in [0.2, 0.25) is 5.15 Å². The molecule has 1 aromatic heterocycles. The molecule has 0 radical (unpaired) electrons. The number of halogens is 2. The Balaban J connectivity index is 2.29. The van der Waals surface area contributed by atoms with Gasteiger partial charge in [0, 0.05) is 17.7 Å². The lowest BCUT2D eigenvalue weighted by atomic mass is 10.1. The highest BCUT2D eigenvalue weighted by atomic mass is 79.9. The number of nitro benzene ring substituents is 1. The van der Waals surface area contributed by atoms with Gasteiger partial charge in [0.2, 0.25) is 0 Å². The zero-order valence-corrected chi connectivity index (χ0v) is 13.1. The zero-order chi connectivity index (χ0) is 15.6. The Kier molecular flexibility index (Phi) is 4.54. The van der Waals surface area contributed by atoms with Crippen LogP contribution < -0.4 is 5.32 Å². The van der Waals surface area contributed by atoms with Gasteiger partial charge < -0.3 is 5.32 Å². The van der Waals surface area contributed by atoms with Gasteiger partial charge in [0.25, 0.3) is 11.6 Å². The highest BCUT2D eigenvalue weighted by molar-refractivity contribution is 9.10. The molecule has 0 fully saturated rings. The number of non-ortho nitro benzene ring substituents is 1. The van der Waals surface area contributed by atoms with E-state index in [0.29, 0.717) is 15.7 Å². The van der Waals surface area contributed by atoms with E-state index in [-0.39, 0.29) is 16.4 Å². The van der Waals surface area contributed by atoms with Crippen molar-refractivity contribution in [2.75, 3.05) is 5.32 Å². The van der Waals surface area contributed by atoms with Crippen molar-refractivity contribution in [2.24, 2.45) is 0 Å². The highest BCUT2D eigenvalue weighted by Gasteiger charge is 2.15. The fourth-order valence-electron chi connectivity index (χ4n) is 1.66. The molecule has 0 spiro atoms. The van der Waals surface area contributed by atoms with Crippen molar-refractivity contribution in [3.8, 4) is 0 Å². The Hall–Kier alpha value is -1.99. The third kappa shape index (κ3) is 3.56. The number of hydrogen-bond donors (Lipinski definition) is 1. The summed E-state index contributed by atoms with van der Waals surface area (Å²) in [6, 6.07) is 5.72. The summed E-state index contributed by atoms with van der Waals surface area (Å²) >= 11 is 8.97. The summed E-state index contributed by atoms with van der Waals surface area (Å²) in [6.45, 7) is 1.70. The Morgan fingerprint density at radius 2 is 2.14 bits per heavy atom. The number of carbonyl (C=O) groups excluding carboxylic acids is 1. The SMILES string of the molecule is Cc1ccc([N+](=O)[O-])cc1C(=O)Nc1cnc(Cl)c(Br)c1. The predicted octanol–water partition coefficient (Wildman–Crippen LogP) is 3.97. The highest BCUT2D eigenvalue weighted by Crippen LogP contribution is 2.24. The van der Waals surface area contributed by atoms with Crippen LogP contribution in [0, 0.1) is 17.0 Å². The van der Waals surface area contributed by atoms with E-state index in [2.05, 4.69) is 26.2 Å². The molecule has 1 heterocycles. The van der Waals surface area contributed by atoms with Crippen molar-refractivity contribution in [2.45, 2.75) is 6.92 Å². The Morgan fingerprint density at radius 1 is 1.43 bits per heavy atom. The molecule has 1 amide bonds. The second kappa shape index (κ2) is 6.19. The van der Waals surface area contributed by atoms with E-state index >= 15 is 0 Å². The number of benzene rings is 1. The standard InChI is InChI=1S/C13H9BrClN3O3/c1-7-2-3-9(18(20)21)5-10(7)13(19)17-8-4-11(14)12(15)16-6-8/h2-6H,1H3,(H,17,19). The largest absolute Gasteiger partial charge is 0.321 e. The summed E-state index contributed by atoms with van der Waals surface area (Å²) in [4.78, 5) is 26.3. The minimum atomic E-state index is -0.545. The first-order chi connectivity index (χ1) is 9.88. The van der Waals surface area contributed by atoms with Gasteiger partial charge in [-0.15, -0.1) is 0 Å². The molecule has 0 saturated carbocycles. The number of anilines is 1. The van der Waals surface area contributed by atoms with Crippen molar-refractivity contribution in [3.05, 3.63) is 61.3 Å². The Bertz CT molecular complexity index is 737. The number of aryl methyl sites for hydroxylation is 1. The van der Waals surface area contributed by atoms with Crippen LogP contribution >= 0.6 is 27.5 Å². The average molecular weight is 371 g/mol. The van der Waals surface area contributed by atoms with Crippen LogP contribution in [-0.4, -0.2) is 15.8 Å². The molecule has 0 aliphatic carbocycles. The number of nitrogens with one attached hydrogen (secondary N) is 1. The fourth-order valence-corrected chi connectivity index (χ4v) is 2.11. The van der Waals surface area contributed by atoms with E-state index in [9.17, 15) is 14.9 Å². The molecule has 2 rings (SSSR count). The number of carbonyl (C=O) groups is 1. The maximum Gasteiger partial charge on any atom is 0.270 e. The number of pyridine rings is 1. The minimum Gasteiger partial charge on any atom is -0.321 e. The van der Waals surface area contributed by atoms with Gasteiger partial charge in [0.05, 0.1) is 21.3 Å². The van der Waals surface area contributed by atoms with Gasteiger partial charge in [-0.25, -0.2) is 4.98 Å². The monoisotopic (exact) mass is 369 g/mol. The van der Waals surface area contributed by atoms with Crippen molar-refractivity contribution in [3.63, 3.8) is 0 Å². The predicted molar refractivity (Wildman–Crippen MR) is 82.7 cm³/mol. The van der Waals surface area contributed by atoms with Crippen molar-refractivity contribution in [1.82, 2.24) is 4.98 Å². The number of rotatable bonds is 3. The van der Waals surface area contributed by atoms with Gasteiger partial charge in [0.15, 0.2) is 0 Å². The number of hydrogen-bond acceptors (Lipinski definition) is 4. The topological polar surface area (TPSA) is 85.1 Å². The van der Waals surface area contributed by atoms with Gasteiger partial charge in [-0.05, 0) is 34.5 Å².